The van der Waals surface area contributed by atoms with Gasteiger partial charge >= 0.3 is 0 Å². The minimum absolute atomic E-state index is 0.454. The van der Waals surface area contributed by atoms with E-state index in [0.717, 1.165) is 17.1 Å². The minimum atomic E-state index is 0.454. The van der Waals surface area contributed by atoms with E-state index in [1.54, 1.807) is 18.5 Å². The zero-order valence-electron chi connectivity index (χ0n) is 8.88. The van der Waals surface area contributed by atoms with Gasteiger partial charge in [-0.25, -0.2) is 9.97 Å². The van der Waals surface area contributed by atoms with E-state index in [2.05, 4.69) is 28.8 Å². The molecule has 0 N–H and O–H groups in total. The highest BCUT2D eigenvalue weighted by molar-refractivity contribution is 5.52. The fraction of sp³-hybridized carbons (Fsp3) is 0.250. The van der Waals surface area contributed by atoms with Crippen molar-refractivity contribution in [3.8, 4) is 11.4 Å². The average Bonchev–Trinajstić information content (AvgIpc) is 2.30. The first-order valence-electron chi connectivity index (χ1n) is 5.00. The lowest BCUT2D eigenvalue weighted by Gasteiger charge is -2.04. The summed E-state index contributed by atoms with van der Waals surface area (Å²) >= 11 is 0. The third-order valence-corrected chi connectivity index (χ3v) is 2.20. The van der Waals surface area contributed by atoms with Crippen LogP contribution in [0, 0.1) is 0 Å². The van der Waals surface area contributed by atoms with E-state index in [1.807, 2.05) is 18.3 Å². The van der Waals surface area contributed by atoms with Gasteiger partial charge in [0.15, 0.2) is 5.82 Å². The Labute approximate surface area is 89.2 Å². The Morgan fingerprint density at radius 1 is 1.00 bits per heavy atom. The Morgan fingerprint density at radius 3 is 2.27 bits per heavy atom. The largest absolute Gasteiger partial charge is 0.260 e. The van der Waals surface area contributed by atoms with Crippen molar-refractivity contribution in [2.45, 2.75) is 19.8 Å². The SMILES string of the molecule is CC(C)c1ccc(-c2ncccn2)cn1. The summed E-state index contributed by atoms with van der Waals surface area (Å²) in [5.41, 5.74) is 2.05. The summed E-state index contributed by atoms with van der Waals surface area (Å²) < 4.78 is 0. The number of pyridine rings is 1. The van der Waals surface area contributed by atoms with Crippen molar-refractivity contribution >= 4 is 0 Å². The Kier molecular flexibility index (Phi) is 2.72. The molecule has 0 amide bonds. The zero-order chi connectivity index (χ0) is 10.7. The molecule has 76 valence electrons. The Bertz CT molecular complexity index is 420. The maximum atomic E-state index is 4.37. The van der Waals surface area contributed by atoms with E-state index in [4.69, 9.17) is 0 Å². The van der Waals surface area contributed by atoms with Crippen LogP contribution in [0.5, 0.6) is 0 Å². The van der Waals surface area contributed by atoms with Crippen molar-refractivity contribution in [2.24, 2.45) is 0 Å². The average molecular weight is 199 g/mol. The first-order valence-corrected chi connectivity index (χ1v) is 5.00. The predicted molar refractivity (Wildman–Crippen MR) is 59.4 cm³/mol. The van der Waals surface area contributed by atoms with Crippen molar-refractivity contribution in [2.75, 3.05) is 0 Å². The topological polar surface area (TPSA) is 38.7 Å². The highest BCUT2D eigenvalue weighted by atomic mass is 14.9. The summed E-state index contributed by atoms with van der Waals surface area (Å²) in [4.78, 5) is 12.7. The maximum absolute atomic E-state index is 4.37. The first kappa shape index (κ1) is 9.77. The van der Waals surface area contributed by atoms with Crippen molar-refractivity contribution in [1.82, 2.24) is 15.0 Å². The van der Waals surface area contributed by atoms with E-state index in [9.17, 15) is 0 Å². The number of rotatable bonds is 2. The molecule has 0 saturated heterocycles. The van der Waals surface area contributed by atoms with Gasteiger partial charge in [0.1, 0.15) is 0 Å². The number of hydrogen-bond donors (Lipinski definition) is 0. The minimum Gasteiger partial charge on any atom is -0.260 e. The molecular weight excluding hydrogens is 186 g/mol. The monoisotopic (exact) mass is 199 g/mol. The van der Waals surface area contributed by atoms with Crippen LogP contribution in [0.3, 0.4) is 0 Å². The van der Waals surface area contributed by atoms with Gasteiger partial charge in [-0.05, 0) is 24.1 Å². The molecule has 2 heterocycles. The molecule has 0 aliphatic rings. The zero-order valence-corrected chi connectivity index (χ0v) is 8.88. The van der Waals surface area contributed by atoms with Crippen LogP contribution in [-0.2, 0) is 0 Å². The second-order valence-corrected chi connectivity index (χ2v) is 3.70. The van der Waals surface area contributed by atoms with Crippen LogP contribution in [0.15, 0.2) is 36.8 Å². The Balaban J connectivity index is 2.32. The number of nitrogens with zero attached hydrogens (tertiary/aromatic N) is 3. The van der Waals surface area contributed by atoms with Crippen LogP contribution in [0.4, 0.5) is 0 Å². The Morgan fingerprint density at radius 2 is 1.73 bits per heavy atom. The second-order valence-electron chi connectivity index (χ2n) is 3.70. The molecule has 0 spiro atoms. The van der Waals surface area contributed by atoms with Crippen LogP contribution in [0.2, 0.25) is 0 Å². The van der Waals surface area contributed by atoms with Gasteiger partial charge in [0.25, 0.3) is 0 Å². The predicted octanol–water partition coefficient (Wildman–Crippen LogP) is 2.66. The van der Waals surface area contributed by atoms with E-state index < -0.39 is 0 Å². The molecule has 0 atom stereocenters. The van der Waals surface area contributed by atoms with Crippen LogP contribution < -0.4 is 0 Å². The third kappa shape index (κ3) is 2.18. The van der Waals surface area contributed by atoms with Crippen molar-refractivity contribution < 1.29 is 0 Å². The molecule has 0 radical (unpaired) electrons. The van der Waals surface area contributed by atoms with E-state index in [1.165, 1.54) is 0 Å². The van der Waals surface area contributed by atoms with Gasteiger partial charge < -0.3 is 0 Å². The smallest absolute Gasteiger partial charge is 0.160 e. The lowest BCUT2D eigenvalue weighted by Crippen LogP contribution is -1.93. The van der Waals surface area contributed by atoms with Crippen molar-refractivity contribution in [1.29, 1.82) is 0 Å². The lowest BCUT2D eigenvalue weighted by molar-refractivity contribution is 0.823. The second kappa shape index (κ2) is 4.17. The Hall–Kier alpha value is -1.77. The lowest BCUT2D eigenvalue weighted by atomic mass is 10.1. The molecule has 0 aliphatic carbocycles. The normalized spacial score (nSPS) is 10.6. The number of aromatic nitrogens is 3. The molecule has 2 aromatic rings. The summed E-state index contributed by atoms with van der Waals surface area (Å²) in [6, 6.07) is 5.84. The van der Waals surface area contributed by atoms with Gasteiger partial charge in [-0.2, -0.15) is 0 Å². The molecule has 0 bridgehead atoms. The van der Waals surface area contributed by atoms with Crippen molar-refractivity contribution in [3.63, 3.8) is 0 Å². The highest BCUT2D eigenvalue weighted by Gasteiger charge is 2.03. The van der Waals surface area contributed by atoms with Gasteiger partial charge in [-0.15, -0.1) is 0 Å². The summed E-state index contributed by atoms with van der Waals surface area (Å²) in [6.45, 7) is 4.25. The molecule has 2 rings (SSSR count). The van der Waals surface area contributed by atoms with E-state index in [0.29, 0.717) is 5.92 Å². The summed E-state index contributed by atoms with van der Waals surface area (Å²) in [7, 11) is 0. The molecule has 3 heteroatoms. The van der Waals surface area contributed by atoms with Crippen molar-refractivity contribution in [3.05, 3.63) is 42.5 Å². The molecule has 3 nitrogen and oxygen atoms in total. The first-order chi connectivity index (χ1) is 7.27. The summed E-state index contributed by atoms with van der Waals surface area (Å²) in [5, 5.41) is 0. The summed E-state index contributed by atoms with van der Waals surface area (Å²) in [6.07, 6.45) is 5.29. The fourth-order valence-electron chi connectivity index (χ4n) is 1.33. The van der Waals surface area contributed by atoms with E-state index >= 15 is 0 Å². The van der Waals surface area contributed by atoms with E-state index in [-0.39, 0.29) is 0 Å². The molecule has 0 fully saturated rings. The van der Waals surface area contributed by atoms with Crippen LogP contribution in [-0.4, -0.2) is 15.0 Å². The van der Waals surface area contributed by atoms with Gasteiger partial charge in [-0.1, -0.05) is 13.8 Å². The van der Waals surface area contributed by atoms with Crippen LogP contribution >= 0.6 is 0 Å². The molecule has 0 aromatic carbocycles. The quantitative estimate of drug-likeness (QED) is 0.746. The molecule has 15 heavy (non-hydrogen) atoms. The standard InChI is InChI=1S/C12H13N3/c1-9(2)11-5-4-10(8-15-11)12-13-6-3-7-14-12/h3-9H,1-2H3. The maximum Gasteiger partial charge on any atom is 0.160 e. The highest BCUT2D eigenvalue weighted by Crippen LogP contribution is 2.16. The number of hydrogen-bond acceptors (Lipinski definition) is 3. The molecule has 0 saturated carbocycles. The van der Waals surface area contributed by atoms with Gasteiger partial charge in [0, 0.05) is 29.8 Å². The molecule has 2 aromatic heterocycles. The fourth-order valence-corrected chi connectivity index (χ4v) is 1.33. The summed E-state index contributed by atoms with van der Waals surface area (Å²) in [5.74, 6) is 1.18. The van der Waals surface area contributed by atoms with Crippen LogP contribution in [0.1, 0.15) is 25.5 Å². The van der Waals surface area contributed by atoms with Crippen LogP contribution in [0.25, 0.3) is 11.4 Å². The van der Waals surface area contributed by atoms with Gasteiger partial charge in [-0.3, -0.25) is 4.98 Å². The molecular formula is C12H13N3. The molecule has 0 unspecified atom stereocenters. The molecule has 0 aliphatic heterocycles. The third-order valence-electron chi connectivity index (χ3n) is 2.20. The van der Waals surface area contributed by atoms with Gasteiger partial charge in [0.05, 0.1) is 0 Å². The van der Waals surface area contributed by atoms with Gasteiger partial charge in [0.2, 0.25) is 0 Å².